The van der Waals surface area contributed by atoms with Crippen LogP contribution in [0.1, 0.15) is 12.7 Å². The highest BCUT2D eigenvalue weighted by Gasteiger charge is 2.12. The van der Waals surface area contributed by atoms with Gasteiger partial charge >= 0.3 is 0 Å². The van der Waals surface area contributed by atoms with Crippen molar-refractivity contribution >= 4 is 11.6 Å². The molecule has 0 aliphatic rings. The summed E-state index contributed by atoms with van der Waals surface area (Å²) in [5.74, 6) is 0.239. The molecule has 0 saturated heterocycles. The van der Waals surface area contributed by atoms with Gasteiger partial charge in [-0.1, -0.05) is 0 Å². The molecular weight excluding hydrogens is 247 g/mol. The van der Waals surface area contributed by atoms with Crippen LogP contribution in [0.3, 0.4) is 0 Å². The van der Waals surface area contributed by atoms with Gasteiger partial charge in [-0.25, -0.2) is 4.39 Å². The number of carbonyl (C=O) groups excluding carboxylic acids is 1. The molecule has 2 rings (SSSR count). The molecule has 4 nitrogen and oxygen atoms in total. The van der Waals surface area contributed by atoms with Gasteiger partial charge in [0.25, 0.3) is 0 Å². The lowest BCUT2D eigenvalue weighted by atomic mass is 10.2. The predicted octanol–water partition coefficient (Wildman–Crippen LogP) is 2.54. The Morgan fingerprint density at radius 2 is 2.05 bits per heavy atom. The van der Waals surface area contributed by atoms with Crippen LogP contribution in [-0.4, -0.2) is 11.9 Å². The lowest BCUT2D eigenvalue weighted by Crippen LogP contribution is -2.37. The van der Waals surface area contributed by atoms with Crippen LogP contribution in [-0.2, 0) is 11.3 Å². The average molecular weight is 262 g/mol. The molecule has 1 aromatic heterocycles. The van der Waals surface area contributed by atoms with Crippen LogP contribution in [0.15, 0.2) is 47.1 Å². The largest absolute Gasteiger partial charge is 0.467 e. The standard InChI is InChI=1S/C14H15FN2O2/c1-10(17-12-6-4-11(15)5-7-12)14(18)16-9-13-3-2-8-19-13/h2-8,10,17H,9H2,1H3,(H,16,18). The van der Waals surface area contributed by atoms with E-state index in [1.807, 2.05) is 0 Å². The summed E-state index contributed by atoms with van der Waals surface area (Å²) in [6.07, 6.45) is 1.56. The Kier molecular flexibility index (Phi) is 4.18. The van der Waals surface area contributed by atoms with Crippen LogP contribution in [0.2, 0.25) is 0 Å². The van der Waals surface area contributed by atoms with Crippen molar-refractivity contribution in [2.75, 3.05) is 5.32 Å². The molecule has 0 fully saturated rings. The third kappa shape index (κ3) is 3.84. The molecule has 0 spiro atoms. The molecule has 0 aliphatic carbocycles. The summed E-state index contributed by atoms with van der Waals surface area (Å²) in [5.41, 5.74) is 0.696. The minimum atomic E-state index is -0.416. The summed E-state index contributed by atoms with van der Waals surface area (Å²) in [6.45, 7) is 2.09. The van der Waals surface area contributed by atoms with Crippen LogP contribution >= 0.6 is 0 Å². The van der Waals surface area contributed by atoms with E-state index in [-0.39, 0.29) is 11.7 Å². The van der Waals surface area contributed by atoms with Gasteiger partial charge in [0.1, 0.15) is 17.6 Å². The Hall–Kier alpha value is -2.30. The smallest absolute Gasteiger partial charge is 0.242 e. The van der Waals surface area contributed by atoms with Gasteiger partial charge in [0.2, 0.25) is 5.91 Å². The number of amides is 1. The number of rotatable bonds is 5. The molecule has 1 amide bonds. The molecule has 0 radical (unpaired) electrons. The zero-order valence-electron chi connectivity index (χ0n) is 10.5. The lowest BCUT2D eigenvalue weighted by molar-refractivity contribution is -0.121. The summed E-state index contributed by atoms with van der Waals surface area (Å²) in [5, 5.41) is 5.74. The van der Waals surface area contributed by atoms with Gasteiger partial charge in [0, 0.05) is 5.69 Å². The Labute approximate surface area is 110 Å². The first-order valence-electron chi connectivity index (χ1n) is 5.97. The third-order valence-electron chi connectivity index (χ3n) is 2.64. The third-order valence-corrected chi connectivity index (χ3v) is 2.64. The quantitative estimate of drug-likeness (QED) is 0.870. The van der Waals surface area contributed by atoms with Gasteiger partial charge in [-0.3, -0.25) is 4.79 Å². The molecule has 2 aromatic rings. The van der Waals surface area contributed by atoms with Crippen LogP contribution in [0.25, 0.3) is 0 Å². The van der Waals surface area contributed by atoms with Crippen LogP contribution in [0, 0.1) is 5.82 Å². The highest BCUT2D eigenvalue weighted by molar-refractivity contribution is 5.84. The number of furan rings is 1. The van der Waals surface area contributed by atoms with E-state index in [1.54, 1.807) is 37.5 Å². The van der Waals surface area contributed by atoms with E-state index in [4.69, 9.17) is 4.42 Å². The fraction of sp³-hybridized carbons (Fsp3) is 0.214. The van der Waals surface area contributed by atoms with Crippen molar-refractivity contribution in [3.8, 4) is 0 Å². The second-order valence-corrected chi connectivity index (χ2v) is 4.17. The maximum absolute atomic E-state index is 12.7. The molecule has 2 N–H and O–H groups in total. The molecule has 19 heavy (non-hydrogen) atoms. The van der Waals surface area contributed by atoms with E-state index in [0.29, 0.717) is 18.0 Å². The molecule has 100 valence electrons. The van der Waals surface area contributed by atoms with Gasteiger partial charge in [-0.15, -0.1) is 0 Å². The van der Waals surface area contributed by atoms with E-state index >= 15 is 0 Å². The number of halogens is 1. The van der Waals surface area contributed by atoms with E-state index in [1.165, 1.54) is 12.1 Å². The second-order valence-electron chi connectivity index (χ2n) is 4.17. The number of hydrogen-bond acceptors (Lipinski definition) is 3. The molecule has 0 saturated carbocycles. The van der Waals surface area contributed by atoms with Crippen molar-refractivity contribution in [1.29, 1.82) is 0 Å². The number of nitrogens with one attached hydrogen (secondary N) is 2. The Morgan fingerprint density at radius 3 is 2.68 bits per heavy atom. The minimum absolute atomic E-state index is 0.152. The number of anilines is 1. The first-order valence-corrected chi connectivity index (χ1v) is 5.97. The topological polar surface area (TPSA) is 54.3 Å². The van der Waals surface area contributed by atoms with Crippen LogP contribution < -0.4 is 10.6 Å². The molecule has 0 bridgehead atoms. The average Bonchev–Trinajstić information content (AvgIpc) is 2.91. The van der Waals surface area contributed by atoms with E-state index in [9.17, 15) is 9.18 Å². The first-order chi connectivity index (χ1) is 9.15. The van der Waals surface area contributed by atoms with Crippen molar-refractivity contribution in [3.05, 3.63) is 54.2 Å². The fourth-order valence-electron chi connectivity index (χ4n) is 1.60. The maximum Gasteiger partial charge on any atom is 0.242 e. The zero-order chi connectivity index (χ0) is 13.7. The highest BCUT2D eigenvalue weighted by atomic mass is 19.1. The Morgan fingerprint density at radius 1 is 1.32 bits per heavy atom. The normalized spacial score (nSPS) is 11.9. The molecule has 1 atom stereocenters. The first kappa shape index (κ1) is 13.1. The number of hydrogen-bond donors (Lipinski definition) is 2. The van der Waals surface area contributed by atoms with Crippen LogP contribution in [0.4, 0.5) is 10.1 Å². The molecule has 0 aliphatic heterocycles. The van der Waals surface area contributed by atoms with Crippen molar-refractivity contribution in [2.45, 2.75) is 19.5 Å². The Balaban J connectivity index is 1.83. The molecule has 5 heteroatoms. The predicted molar refractivity (Wildman–Crippen MR) is 70.0 cm³/mol. The summed E-state index contributed by atoms with van der Waals surface area (Å²) in [4.78, 5) is 11.8. The van der Waals surface area contributed by atoms with Gasteiger partial charge in [-0.05, 0) is 43.3 Å². The zero-order valence-corrected chi connectivity index (χ0v) is 10.5. The molecule has 1 unspecified atom stereocenters. The van der Waals surface area contributed by atoms with Crippen molar-refractivity contribution in [1.82, 2.24) is 5.32 Å². The summed E-state index contributed by atoms with van der Waals surface area (Å²) >= 11 is 0. The van der Waals surface area contributed by atoms with Crippen molar-refractivity contribution < 1.29 is 13.6 Å². The van der Waals surface area contributed by atoms with E-state index in [0.717, 1.165) is 0 Å². The monoisotopic (exact) mass is 262 g/mol. The summed E-state index contributed by atoms with van der Waals surface area (Å²) < 4.78 is 17.9. The Bertz CT molecular complexity index is 523. The SMILES string of the molecule is CC(Nc1ccc(F)cc1)C(=O)NCc1ccco1. The van der Waals surface area contributed by atoms with Gasteiger partial charge in [-0.2, -0.15) is 0 Å². The molecule has 1 heterocycles. The second kappa shape index (κ2) is 6.04. The fourth-order valence-corrected chi connectivity index (χ4v) is 1.60. The maximum atomic E-state index is 12.7. The highest BCUT2D eigenvalue weighted by Crippen LogP contribution is 2.09. The van der Waals surface area contributed by atoms with E-state index in [2.05, 4.69) is 10.6 Å². The van der Waals surface area contributed by atoms with Crippen molar-refractivity contribution in [3.63, 3.8) is 0 Å². The number of carbonyl (C=O) groups is 1. The minimum Gasteiger partial charge on any atom is -0.467 e. The van der Waals surface area contributed by atoms with E-state index < -0.39 is 6.04 Å². The molecular formula is C14H15FN2O2. The summed E-state index contributed by atoms with van der Waals surface area (Å²) in [7, 11) is 0. The van der Waals surface area contributed by atoms with Crippen molar-refractivity contribution in [2.24, 2.45) is 0 Å². The summed E-state index contributed by atoms with van der Waals surface area (Å²) in [6, 6.07) is 9.00. The lowest BCUT2D eigenvalue weighted by Gasteiger charge is -2.14. The van der Waals surface area contributed by atoms with Gasteiger partial charge < -0.3 is 15.1 Å². The van der Waals surface area contributed by atoms with Gasteiger partial charge in [0.05, 0.1) is 12.8 Å². The molecule has 1 aromatic carbocycles. The number of benzene rings is 1. The van der Waals surface area contributed by atoms with Crippen LogP contribution in [0.5, 0.6) is 0 Å². The van der Waals surface area contributed by atoms with Gasteiger partial charge in [0.15, 0.2) is 0 Å².